The van der Waals surface area contributed by atoms with E-state index in [4.69, 9.17) is 0 Å². The van der Waals surface area contributed by atoms with E-state index in [2.05, 4.69) is 63.8 Å². The molecule has 22 heavy (non-hydrogen) atoms. The van der Waals surface area contributed by atoms with Crippen molar-refractivity contribution >= 4 is 16.3 Å². The monoisotopic (exact) mass is 339 g/mol. The minimum absolute atomic E-state index is 0.454. The second-order valence-electron chi connectivity index (χ2n) is 9.59. The van der Waals surface area contributed by atoms with Crippen molar-refractivity contribution in [1.29, 1.82) is 0 Å². The summed E-state index contributed by atoms with van der Waals surface area (Å²) >= 11 is 0. The molecule has 3 heteroatoms. The first-order chi connectivity index (χ1) is 10.0. The summed E-state index contributed by atoms with van der Waals surface area (Å²) in [4.78, 5) is 0. The molecule has 0 aromatic carbocycles. The Morgan fingerprint density at radius 3 is 2.05 bits per heavy atom. The molecule has 0 spiro atoms. The Morgan fingerprint density at radius 2 is 1.59 bits per heavy atom. The van der Waals surface area contributed by atoms with Gasteiger partial charge in [-0.1, -0.05) is 72.3 Å². The minimum atomic E-state index is -1.41. The fraction of sp³-hybridized carbons (Fsp3) is 0.895. The van der Waals surface area contributed by atoms with Crippen LogP contribution in [0.5, 0.6) is 0 Å². The van der Waals surface area contributed by atoms with Gasteiger partial charge in [0.1, 0.15) is 8.24 Å². The van der Waals surface area contributed by atoms with Crippen LogP contribution in [0, 0.1) is 0 Å². The summed E-state index contributed by atoms with van der Waals surface area (Å²) in [5.74, 6) is 0. The van der Waals surface area contributed by atoms with Crippen molar-refractivity contribution in [2.75, 3.05) is 6.54 Å². The maximum Gasteiger partial charge on any atom is 0.127 e. The van der Waals surface area contributed by atoms with Crippen molar-refractivity contribution in [2.45, 2.75) is 103 Å². The summed E-state index contributed by atoms with van der Waals surface area (Å²) in [6.45, 7) is 22.9. The summed E-state index contributed by atoms with van der Waals surface area (Å²) in [5, 5.41) is 0.454. The molecule has 1 aliphatic rings. The van der Waals surface area contributed by atoms with Gasteiger partial charge in [-0.25, -0.2) is 0 Å². The Bertz CT molecular complexity index is 349. The molecule has 0 aromatic heterocycles. The van der Waals surface area contributed by atoms with E-state index in [1.54, 1.807) is 0 Å². The zero-order valence-corrected chi connectivity index (χ0v) is 18.5. The molecule has 0 heterocycles. The molecular weight excluding hydrogens is 298 g/mol. The Hall–Kier alpha value is 0.134. The standard InChI is InChI=1S/C19H41NSi2/c1-9-21(5,6)17-13-16-20(18-14-11-10-12-15-18)22(7,8)19(2,3)4/h9,18H,1,10-17H2,2-8H3. The number of hydrogen-bond acceptors (Lipinski definition) is 1. The molecule has 1 fully saturated rings. The molecule has 0 amide bonds. The number of hydrogen-bond donors (Lipinski definition) is 0. The molecule has 0 aromatic rings. The Morgan fingerprint density at radius 1 is 1.05 bits per heavy atom. The zero-order chi connectivity index (χ0) is 17.0. The molecular formula is C19H41NSi2. The Labute approximate surface area is 142 Å². The molecule has 0 bridgehead atoms. The molecule has 0 aliphatic heterocycles. The second kappa shape index (κ2) is 7.80. The zero-order valence-electron chi connectivity index (χ0n) is 16.5. The normalized spacial score (nSPS) is 18.7. The average Bonchev–Trinajstić information content (AvgIpc) is 2.43. The first-order valence-corrected chi connectivity index (χ1v) is 15.6. The summed E-state index contributed by atoms with van der Waals surface area (Å²) in [5.41, 5.74) is 2.27. The highest BCUT2D eigenvalue weighted by molar-refractivity contribution is 6.82. The van der Waals surface area contributed by atoms with Crippen LogP contribution in [0.3, 0.4) is 0 Å². The Balaban J connectivity index is 2.80. The lowest BCUT2D eigenvalue weighted by Crippen LogP contribution is -2.59. The Kier molecular flexibility index (Phi) is 7.16. The van der Waals surface area contributed by atoms with E-state index in [0.717, 1.165) is 6.04 Å². The SMILES string of the molecule is C=C[Si](C)(C)CCCN(C1CCCCC1)[Si](C)(C)C(C)(C)C. The van der Waals surface area contributed by atoms with E-state index in [0.29, 0.717) is 5.04 Å². The van der Waals surface area contributed by atoms with Crippen LogP contribution in [-0.2, 0) is 0 Å². The van der Waals surface area contributed by atoms with Crippen molar-refractivity contribution in [3.05, 3.63) is 12.3 Å². The average molecular weight is 340 g/mol. The van der Waals surface area contributed by atoms with Gasteiger partial charge in [0, 0.05) is 6.04 Å². The third-order valence-corrected chi connectivity index (χ3v) is 14.8. The van der Waals surface area contributed by atoms with Gasteiger partial charge < -0.3 is 4.57 Å². The molecule has 1 saturated carbocycles. The smallest absolute Gasteiger partial charge is 0.127 e. The molecule has 0 saturated heterocycles. The maximum atomic E-state index is 4.06. The third-order valence-electron chi connectivity index (χ3n) is 6.34. The quantitative estimate of drug-likeness (QED) is 0.482. The second-order valence-corrected chi connectivity index (χ2v) is 19.7. The van der Waals surface area contributed by atoms with Gasteiger partial charge in [-0.15, -0.1) is 12.3 Å². The molecule has 130 valence electrons. The van der Waals surface area contributed by atoms with Crippen LogP contribution in [0.15, 0.2) is 12.3 Å². The van der Waals surface area contributed by atoms with Gasteiger partial charge in [-0.2, -0.15) is 0 Å². The first-order valence-electron chi connectivity index (χ1n) is 9.42. The summed E-state index contributed by atoms with van der Waals surface area (Å²) in [6.07, 6.45) is 8.60. The van der Waals surface area contributed by atoms with Gasteiger partial charge in [0.05, 0.1) is 8.07 Å². The van der Waals surface area contributed by atoms with Crippen LogP contribution in [0.25, 0.3) is 0 Å². The predicted octanol–water partition coefficient (Wildman–Crippen LogP) is 6.45. The van der Waals surface area contributed by atoms with E-state index < -0.39 is 16.3 Å². The van der Waals surface area contributed by atoms with E-state index in [1.165, 1.54) is 51.1 Å². The largest absolute Gasteiger partial charge is 0.321 e. The fourth-order valence-electron chi connectivity index (χ4n) is 3.55. The van der Waals surface area contributed by atoms with Crippen LogP contribution < -0.4 is 0 Å². The van der Waals surface area contributed by atoms with E-state index >= 15 is 0 Å². The lowest BCUT2D eigenvalue weighted by molar-refractivity contribution is 0.237. The third kappa shape index (κ3) is 5.35. The highest BCUT2D eigenvalue weighted by atomic mass is 28.3. The molecule has 0 N–H and O–H groups in total. The molecule has 1 nitrogen and oxygen atoms in total. The van der Waals surface area contributed by atoms with E-state index in [1.807, 2.05) is 0 Å². The van der Waals surface area contributed by atoms with Gasteiger partial charge in [0.2, 0.25) is 0 Å². The van der Waals surface area contributed by atoms with Crippen LogP contribution in [0.2, 0.25) is 37.3 Å². The van der Waals surface area contributed by atoms with E-state index in [9.17, 15) is 0 Å². The molecule has 1 rings (SSSR count). The lowest BCUT2D eigenvalue weighted by Gasteiger charge is -2.51. The highest BCUT2D eigenvalue weighted by Gasteiger charge is 2.43. The van der Waals surface area contributed by atoms with Crippen LogP contribution >= 0.6 is 0 Å². The van der Waals surface area contributed by atoms with Gasteiger partial charge in [-0.05, 0) is 30.8 Å². The van der Waals surface area contributed by atoms with Crippen LogP contribution in [0.1, 0.15) is 59.3 Å². The number of rotatable bonds is 7. The van der Waals surface area contributed by atoms with Crippen LogP contribution in [0.4, 0.5) is 0 Å². The van der Waals surface area contributed by atoms with Gasteiger partial charge in [-0.3, -0.25) is 0 Å². The predicted molar refractivity (Wildman–Crippen MR) is 108 cm³/mol. The molecule has 0 radical (unpaired) electrons. The summed E-state index contributed by atoms with van der Waals surface area (Å²) in [7, 11) is -2.55. The topological polar surface area (TPSA) is 3.24 Å². The first kappa shape index (κ1) is 20.2. The summed E-state index contributed by atoms with van der Waals surface area (Å²) < 4.78 is 3.01. The van der Waals surface area contributed by atoms with Gasteiger partial charge >= 0.3 is 0 Å². The van der Waals surface area contributed by atoms with Crippen molar-refractivity contribution in [3.63, 3.8) is 0 Å². The molecule has 1 aliphatic carbocycles. The summed E-state index contributed by atoms with van der Waals surface area (Å²) in [6, 6.07) is 2.26. The van der Waals surface area contributed by atoms with Crippen molar-refractivity contribution in [1.82, 2.24) is 4.57 Å². The van der Waals surface area contributed by atoms with Crippen molar-refractivity contribution in [2.24, 2.45) is 0 Å². The van der Waals surface area contributed by atoms with Gasteiger partial charge in [0.25, 0.3) is 0 Å². The number of nitrogens with zero attached hydrogens (tertiary/aromatic N) is 1. The van der Waals surface area contributed by atoms with Gasteiger partial charge in [0.15, 0.2) is 0 Å². The fourth-order valence-corrected chi connectivity index (χ4v) is 7.57. The van der Waals surface area contributed by atoms with Crippen LogP contribution in [-0.4, -0.2) is 33.5 Å². The minimum Gasteiger partial charge on any atom is -0.321 e. The molecule has 0 atom stereocenters. The van der Waals surface area contributed by atoms with Crippen molar-refractivity contribution < 1.29 is 0 Å². The maximum absolute atomic E-state index is 4.06. The highest BCUT2D eigenvalue weighted by Crippen LogP contribution is 2.41. The van der Waals surface area contributed by atoms with E-state index in [-0.39, 0.29) is 0 Å². The van der Waals surface area contributed by atoms with Crippen molar-refractivity contribution in [3.8, 4) is 0 Å². The lowest BCUT2D eigenvalue weighted by atomic mass is 9.95. The molecule has 0 unspecified atom stereocenters.